The van der Waals surface area contributed by atoms with Crippen LogP contribution in [0, 0.1) is 0 Å². The summed E-state index contributed by atoms with van der Waals surface area (Å²) in [4.78, 5) is 1.13. The number of hydrogen-bond acceptors (Lipinski definition) is 3. The van der Waals surface area contributed by atoms with E-state index in [-0.39, 0.29) is 0 Å². The zero-order chi connectivity index (χ0) is 11.1. The van der Waals surface area contributed by atoms with Crippen molar-refractivity contribution in [1.29, 1.82) is 0 Å². The van der Waals surface area contributed by atoms with Crippen molar-refractivity contribution in [2.75, 3.05) is 24.7 Å². The van der Waals surface area contributed by atoms with Crippen LogP contribution in [0.25, 0.3) is 0 Å². The summed E-state index contributed by atoms with van der Waals surface area (Å²) in [6, 6.07) is 5.70. The van der Waals surface area contributed by atoms with Crippen molar-refractivity contribution in [1.82, 2.24) is 0 Å². The number of rotatable bonds is 6. The first-order valence-corrected chi connectivity index (χ1v) is 6.36. The van der Waals surface area contributed by atoms with Gasteiger partial charge in [-0.3, -0.25) is 0 Å². The van der Waals surface area contributed by atoms with Crippen LogP contribution in [0.4, 0.5) is 5.69 Å². The lowest BCUT2D eigenvalue weighted by molar-refractivity contribution is 0.151. The average molecular weight is 246 g/mol. The van der Waals surface area contributed by atoms with Crippen molar-refractivity contribution in [2.24, 2.45) is 0 Å². The maximum atomic E-state index is 5.91. The molecule has 0 amide bonds. The third-order valence-corrected chi connectivity index (χ3v) is 3.10. The van der Waals surface area contributed by atoms with Crippen LogP contribution in [0.2, 0.25) is 5.02 Å². The zero-order valence-corrected chi connectivity index (χ0v) is 10.4. The minimum atomic E-state index is 0.620. The summed E-state index contributed by atoms with van der Waals surface area (Å²) in [6.45, 7) is 3.72. The van der Waals surface area contributed by atoms with E-state index in [1.54, 1.807) is 11.8 Å². The van der Waals surface area contributed by atoms with Crippen LogP contribution >= 0.6 is 23.4 Å². The quantitative estimate of drug-likeness (QED) is 0.474. The molecule has 0 radical (unpaired) electrons. The Morgan fingerprint density at radius 2 is 2.20 bits per heavy atom. The fourth-order valence-electron chi connectivity index (χ4n) is 1.06. The molecule has 0 aliphatic carbocycles. The number of nitrogen functional groups attached to an aromatic ring is 1. The molecule has 0 heterocycles. The molecule has 84 valence electrons. The van der Waals surface area contributed by atoms with Gasteiger partial charge < -0.3 is 10.5 Å². The van der Waals surface area contributed by atoms with Crippen LogP contribution in [0.15, 0.2) is 23.1 Å². The van der Waals surface area contributed by atoms with Gasteiger partial charge in [0.15, 0.2) is 0 Å². The molecule has 0 aromatic heterocycles. The highest BCUT2D eigenvalue weighted by Crippen LogP contribution is 2.26. The molecule has 1 aromatic carbocycles. The molecule has 2 nitrogen and oxygen atoms in total. The molecule has 0 fully saturated rings. The maximum Gasteiger partial charge on any atom is 0.0646 e. The SMILES string of the molecule is CCCOCCSc1ccc(N)c(Cl)c1. The van der Waals surface area contributed by atoms with Gasteiger partial charge in [-0.2, -0.15) is 0 Å². The Hall–Kier alpha value is -0.380. The normalized spacial score (nSPS) is 10.5. The van der Waals surface area contributed by atoms with Crippen LogP contribution < -0.4 is 5.73 Å². The van der Waals surface area contributed by atoms with Gasteiger partial charge in [0.25, 0.3) is 0 Å². The molecule has 0 saturated heterocycles. The summed E-state index contributed by atoms with van der Waals surface area (Å²) in [5.74, 6) is 0.945. The zero-order valence-electron chi connectivity index (χ0n) is 8.83. The molecule has 0 unspecified atom stereocenters. The highest BCUT2D eigenvalue weighted by Gasteiger charge is 1.98. The monoisotopic (exact) mass is 245 g/mol. The Morgan fingerprint density at radius 1 is 1.40 bits per heavy atom. The van der Waals surface area contributed by atoms with E-state index < -0.39 is 0 Å². The summed E-state index contributed by atoms with van der Waals surface area (Å²) in [5, 5.41) is 0.620. The number of benzene rings is 1. The smallest absolute Gasteiger partial charge is 0.0646 e. The van der Waals surface area contributed by atoms with E-state index in [4.69, 9.17) is 22.1 Å². The third-order valence-electron chi connectivity index (χ3n) is 1.82. The molecule has 1 rings (SSSR count). The van der Waals surface area contributed by atoms with Crippen LogP contribution in [-0.4, -0.2) is 19.0 Å². The number of hydrogen-bond donors (Lipinski definition) is 1. The van der Waals surface area contributed by atoms with Gasteiger partial charge in [-0.05, 0) is 24.6 Å². The second kappa shape index (κ2) is 6.99. The maximum absolute atomic E-state index is 5.91. The Bertz CT molecular complexity index is 307. The van der Waals surface area contributed by atoms with Crippen molar-refractivity contribution in [3.8, 4) is 0 Å². The molecule has 0 atom stereocenters. The lowest BCUT2D eigenvalue weighted by atomic mass is 10.3. The van der Waals surface area contributed by atoms with Crippen LogP contribution in [0.3, 0.4) is 0 Å². The van der Waals surface area contributed by atoms with E-state index in [2.05, 4.69) is 6.92 Å². The fraction of sp³-hybridized carbons (Fsp3) is 0.455. The van der Waals surface area contributed by atoms with Crippen LogP contribution in [-0.2, 0) is 4.74 Å². The molecule has 0 aliphatic heterocycles. The number of ether oxygens (including phenoxy) is 1. The summed E-state index contributed by atoms with van der Waals surface area (Å²) in [7, 11) is 0. The Balaban J connectivity index is 2.28. The second-order valence-corrected chi connectivity index (χ2v) is 4.72. The first-order valence-electron chi connectivity index (χ1n) is 4.99. The summed E-state index contributed by atoms with van der Waals surface area (Å²) < 4.78 is 5.38. The number of thioether (sulfide) groups is 1. The van der Waals surface area contributed by atoms with Crippen molar-refractivity contribution < 1.29 is 4.74 Å². The molecular weight excluding hydrogens is 230 g/mol. The van der Waals surface area contributed by atoms with Crippen molar-refractivity contribution in [3.05, 3.63) is 23.2 Å². The molecule has 1 aromatic rings. The van der Waals surface area contributed by atoms with E-state index >= 15 is 0 Å². The first-order chi connectivity index (χ1) is 7.24. The fourth-order valence-corrected chi connectivity index (χ4v) is 2.11. The van der Waals surface area contributed by atoms with Gasteiger partial charge in [-0.15, -0.1) is 11.8 Å². The largest absolute Gasteiger partial charge is 0.398 e. The van der Waals surface area contributed by atoms with Crippen LogP contribution in [0.1, 0.15) is 13.3 Å². The minimum absolute atomic E-state index is 0.620. The van der Waals surface area contributed by atoms with E-state index in [1.165, 1.54) is 0 Å². The van der Waals surface area contributed by atoms with Gasteiger partial charge >= 0.3 is 0 Å². The molecule has 4 heteroatoms. The van der Waals surface area contributed by atoms with Crippen molar-refractivity contribution in [2.45, 2.75) is 18.2 Å². The van der Waals surface area contributed by atoms with Crippen molar-refractivity contribution in [3.63, 3.8) is 0 Å². The van der Waals surface area contributed by atoms with Crippen molar-refractivity contribution >= 4 is 29.1 Å². The molecule has 0 aliphatic rings. The number of anilines is 1. The van der Waals surface area contributed by atoms with E-state index in [9.17, 15) is 0 Å². The standard InChI is InChI=1S/C11H16ClNOS/c1-2-5-14-6-7-15-9-3-4-11(13)10(12)8-9/h3-4,8H,2,5-7,13H2,1H3. The predicted molar refractivity (Wildman–Crippen MR) is 67.7 cm³/mol. The van der Waals surface area contributed by atoms with E-state index in [0.717, 1.165) is 30.3 Å². The van der Waals surface area contributed by atoms with Gasteiger partial charge in [0.1, 0.15) is 0 Å². The van der Waals surface area contributed by atoms with E-state index in [0.29, 0.717) is 10.7 Å². The lowest BCUT2D eigenvalue weighted by Crippen LogP contribution is -1.97. The molecule has 0 saturated carbocycles. The summed E-state index contributed by atoms with van der Waals surface area (Å²) in [6.07, 6.45) is 1.07. The molecule has 0 spiro atoms. The topological polar surface area (TPSA) is 35.2 Å². The minimum Gasteiger partial charge on any atom is -0.398 e. The lowest BCUT2D eigenvalue weighted by Gasteiger charge is -2.04. The average Bonchev–Trinajstić information content (AvgIpc) is 2.23. The van der Waals surface area contributed by atoms with E-state index in [1.807, 2.05) is 18.2 Å². The first kappa shape index (κ1) is 12.7. The molecule has 2 N–H and O–H groups in total. The number of nitrogens with two attached hydrogens (primary N) is 1. The van der Waals surface area contributed by atoms with Crippen LogP contribution in [0.5, 0.6) is 0 Å². The molecule has 0 bridgehead atoms. The van der Waals surface area contributed by atoms with Gasteiger partial charge in [0.05, 0.1) is 17.3 Å². The Morgan fingerprint density at radius 3 is 2.87 bits per heavy atom. The highest BCUT2D eigenvalue weighted by atomic mass is 35.5. The predicted octanol–water partition coefficient (Wildman–Crippen LogP) is 3.44. The number of halogens is 1. The summed E-state index contributed by atoms with van der Waals surface area (Å²) in [5.41, 5.74) is 6.25. The molecule has 15 heavy (non-hydrogen) atoms. The highest BCUT2D eigenvalue weighted by molar-refractivity contribution is 7.99. The van der Waals surface area contributed by atoms with Gasteiger partial charge in [0, 0.05) is 17.3 Å². The van der Waals surface area contributed by atoms with Gasteiger partial charge in [-0.1, -0.05) is 18.5 Å². The Kier molecular flexibility index (Phi) is 5.91. The van der Waals surface area contributed by atoms with Gasteiger partial charge in [-0.25, -0.2) is 0 Å². The van der Waals surface area contributed by atoms with Gasteiger partial charge in [0.2, 0.25) is 0 Å². The summed E-state index contributed by atoms with van der Waals surface area (Å²) >= 11 is 7.64. The molecular formula is C11H16ClNOS. The second-order valence-electron chi connectivity index (χ2n) is 3.14. The third kappa shape index (κ3) is 4.78. The Labute approximate surface area is 100 Å².